The van der Waals surface area contributed by atoms with Crippen LogP contribution < -0.4 is 22.3 Å². The number of aromatic nitrogens is 1. The molecular formula is C20H23ClN2. The number of fused-ring (bicyclic) bond motifs is 2. The minimum atomic E-state index is 0. The van der Waals surface area contributed by atoms with Crippen molar-refractivity contribution in [1.82, 2.24) is 0 Å². The Morgan fingerprint density at radius 3 is 1.91 bits per heavy atom. The van der Waals surface area contributed by atoms with E-state index in [0.717, 1.165) is 0 Å². The second-order valence-corrected chi connectivity index (χ2v) is 6.45. The van der Waals surface area contributed by atoms with Crippen LogP contribution in [0.5, 0.6) is 0 Å². The second kappa shape index (κ2) is 6.76. The molecule has 2 aromatic carbocycles. The lowest BCUT2D eigenvalue weighted by atomic mass is 9.94. The molecule has 1 aromatic heterocycles. The van der Waals surface area contributed by atoms with Gasteiger partial charge in [-0.05, 0) is 25.0 Å². The van der Waals surface area contributed by atoms with E-state index < -0.39 is 0 Å². The van der Waals surface area contributed by atoms with Crippen molar-refractivity contribution in [1.29, 1.82) is 0 Å². The van der Waals surface area contributed by atoms with Gasteiger partial charge in [-0.1, -0.05) is 43.5 Å². The van der Waals surface area contributed by atoms with Crippen molar-refractivity contribution in [3.8, 4) is 0 Å². The Balaban J connectivity index is 0.00000156. The van der Waals surface area contributed by atoms with Crippen LogP contribution in [0.3, 0.4) is 0 Å². The lowest BCUT2D eigenvalue weighted by Crippen LogP contribution is -3.00. The van der Waals surface area contributed by atoms with E-state index in [2.05, 4.69) is 65.5 Å². The second-order valence-electron chi connectivity index (χ2n) is 6.45. The highest BCUT2D eigenvalue weighted by molar-refractivity contribution is 6.04. The van der Waals surface area contributed by atoms with Crippen molar-refractivity contribution in [3.05, 3.63) is 48.5 Å². The maximum absolute atomic E-state index is 3.88. The Morgan fingerprint density at radius 1 is 0.826 bits per heavy atom. The number of hydrogen-bond acceptors (Lipinski definition) is 1. The van der Waals surface area contributed by atoms with Gasteiger partial charge in [0.2, 0.25) is 11.0 Å². The number of benzene rings is 2. The number of rotatable bonds is 2. The molecule has 0 spiro atoms. The smallest absolute Gasteiger partial charge is 0.214 e. The first kappa shape index (κ1) is 16.1. The Kier molecular flexibility index (Phi) is 4.72. The summed E-state index contributed by atoms with van der Waals surface area (Å²) in [6, 6.07) is 18.1. The van der Waals surface area contributed by atoms with E-state index in [-0.39, 0.29) is 12.4 Å². The fraction of sp³-hybridized carbons (Fsp3) is 0.350. The summed E-state index contributed by atoms with van der Waals surface area (Å²) < 4.78 is 2.30. The Labute approximate surface area is 143 Å². The van der Waals surface area contributed by atoms with Crippen molar-refractivity contribution in [3.63, 3.8) is 0 Å². The Bertz CT molecular complexity index is 765. The van der Waals surface area contributed by atoms with Crippen LogP contribution in [0.2, 0.25) is 0 Å². The molecule has 1 aliphatic carbocycles. The maximum Gasteiger partial charge on any atom is 0.214 e. The molecule has 0 aliphatic heterocycles. The predicted molar refractivity (Wildman–Crippen MR) is 93.1 cm³/mol. The van der Waals surface area contributed by atoms with Crippen LogP contribution in [-0.2, 0) is 7.05 Å². The molecule has 4 rings (SSSR count). The normalized spacial score (nSPS) is 15.5. The van der Waals surface area contributed by atoms with Crippen LogP contribution in [0.1, 0.15) is 32.1 Å². The first-order chi connectivity index (χ1) is 10.8. The lowest BCUT2D eigenvalue weighted by Gasteiger charge is -2.25. The van der Waals surface area contributed by atoms with Crippen molar-refractivity contribution in [2.45, 2.75) is 38.1 Å². The highest BCUT2D eigenvalue weighted by atomic mass is 35.5. The van der Waals surface area contributed by atoms with Gasteiger partial charge < -0.3 is 17.7 Å². The van der Waals surface area contributed by atoms with Crippen molar-refractivity contribution < 1.29 is 17.0 Å². The van der Waals surface area contributed by atoms with Crippen LogP contribution in [-0.4, -0.2) is 6.04 Å². The summed E-state index contributed by atoms with van der Waals surface area (Å²) in [6.45, 7) is 0. The molecule has 23 heavy (non-hydrogen) atoms. The summed E-state index contributed by atoms with van der Waals surface area (Å²) >= 11 is 0. The number of halogens is 1. The molecular weight excluding hydrogens is 304 g/mol. The average Bonchev–Trinajstić information content (AvgIpc) is 2.59. The quantitative estimate of drug-likeness (QED) is 0.558. The SMILES string of the molecule is C[n+]1c2ccccc2c(NC2CCCCC2)c2ccccc21.[Cl-]. The summed E-state index contributed by atoms with van der Waals surface area (Å²) in [5.41, 5.74) is 3.90. The molecule has 0 saturated heterocycles. The van der Waals surface area contributed by atoms with Gasteiger partial charge in [0.05, 0.1) is 16.5 Å². The van der Waals surface area contributed by atoms with Gasteiger partial charge in [0.25, 0.3) is 0 Å². The average molecular weight is 327 g/mol. The molecule has 1 heterocycles. The minimum Gasteiger partial charge on any atom is -1.00 e. The van der Waals surface area contributed by atoms with E-state index in [1.54, 1.807) is 0 Å². The zero-order chi connectivity index (χ0) is 14.9. The first-order valence-corrected chi connectivity index (χ1v) is 8.40. The molecule has 1 fully saturated rings. The Morgan fingerprint density at radius 2 is 1.35 bits per heavy atom. The molecule has 0 amide bonds. The highest BCUT2D eigenvalue weighted by Gasteiger charge is 2.20. The molecule has 3 heteroatoms. The molecule has 2 nitrogen and oxygen atoms in total. The van der Waals surface area contributed by atoms with Crippen LogP contribution in [0, 0.1) is 0 Å². The lowest BCUT2D eigenvalue weighted by molar-refractivity contribution is -0.617. The van der Waals surface area contributed by atoms with Gasteiger partial charge in [-0.3, -0.25) is 0 Å². The number of anilines is 1. The number of hydrogen-bond donors (Lipinski definition) is 1. The monoisotopic (exact) mass is 326 g/mol. The van der Waals surface area contributed by atoms with Crippen molar-refractivity contribution in [2.24, 2.45) is 7.05 Å². The van der Waals surface area contributed by atoms with Crippen LogP contribution in [0.15, 0.2) is 48.5 Å². The van der Waals surface area contributed by atoms with Crippen molar-refractivity contribution >= 4 is 27.5 Å². The summed E-state index contributed by atoms with van der Waals surface area (Å²) in [7, 11) is 2.16. The third-order valence-corrected chi connectivity index (χ3v) is 5.02. The Hall–Kier alpha value is -1.80. The number of nitrogens with one attached hydrogen (secondary N) is 1. The molecule has 1 saturated carbocycles. The van der Waals surface area contributed by atoms with Gasteiger partial charge in [-0.15, -0.1) is 0 Å². The van der Waals surface area contributed by atoms with Gasteiger partial charge in [0, 0.05) is 18.2 Å². The van der Waals surface area contributed by atoms with E-state index in [1.807, 2.05) is 0 Å². The minimum absolute atomic E-state index is 0. The van der Waals surface area contributed by atoms with E-state index >= 15 is 0 Å². The van der Waals surface area contributed by atoms with Crippen LogP contribution >= 0.6 is 0 Å². The molecule has 0 unspecified atom stereocenters. The van der Waals surface area contributed by atoms with Gasteiger partial charge >= 0.3 is 0 Å². The topological polar surface area (TPSA) is 15.9 Å². The summed E-state index contributed by atoms with van der Waals surface area (Å²) in [6.07, 6.45) is 6.69. The molecule has 0 radical (unpaired) electrons. The fourth-order valence-corrected chi connectivity index (χ4v) is 3.84. The van der Waals surface area contributed by atoms with E-state index in [9.17, 15) is 0 Å². The maximum atomic E-state index is 3.88. The molecule has 3 aromatic rings. The van der Waals surface area contributed by atoms with E-state index in [0.29, 0.717) is 6.04 Å². The van der Waals surface area contributed by atoms with Crippen LogP contribution in [0.4, 0.5) is 5.69 Å². The van der Waals surface area contributed by atoms with Crippen molar-refractivity contribution in [2.75, 3.05) is 5.32 Å². The molecule has 120 valence electrons. The van der Waals surface area contributed by atoms with Gasteiger partial charge in [0.15, 0.2) is 0 Å². The largest absolute Gasteiger partial charge is 1.00 e. The summed E-state index contributed by atoms with van der Waals surface area (Å²) in [4.78, 5) is 0. The van der Waals surface area contributed by atoms with Gasteiger partial charge in [0.1, 0.15) is 7.05 Å². The van der Waals surface area contributed by atoms with E-state index in [1.165, 1.54) is 59.6 Å². The van der Waals surface area contributed by atoms with Gasteiger partial charge in [-0.2, -0.15) is 4.57 Å². The third-order valence-electron chi connectivity index (χ3n) is 5.02. The molecule has 0 atom stereocenters. The number of aryl methyl sites for hydroxylation is 1. The third kappa shape index (κ3) is 2.88. The zero-order valence-corrected chi connectivity index (χ0v) is 14.3. The number of para-hydroxylation sites is 2. The van der Waals surface area contributed by atoms with E-state index in [4.69, 9.17) is 0 Å². The molecule has 1 aliphatic rings. The number of pyridine rings is 1. The molecule has 1 N–H and O–H groups in total. The first-order valence-electron chi connectivity index (χ1n) is 8.40. The van der Waals surface area contributed by atoms with Gasteiger partial charge in [-0.25, -0.2) is 0 Å². The summed E-state index contributed by atoms with van der Waals surface area (Å²) in [5.74, 6) is 0. The van der Waals surface area contributed by atoms with Crippen LogP contribution in [0.25, 0.3) is 21.8 Å². The predicted octanol–water partition coefficient (Wildman–Crippen LogP) is 1.57. The highest BCUT2D eigenvalue weighted by Crippen LogP contribution is 2.32. The standard InChI is InChI=1S/C20H22N2.ClH/c1-22-18-13-7-5-11-16(18)20(17-12-6-8-14-19(17)22)21-15-9-3-2-4-10-15;/h5-8,11-15H,2-4,9-10H2,1H3;1H. The number of nitrogens with zero attached hydrogens (tertiary/aromatic N) is 1. The summed E-state index contributed by atoms with van der Waals surface area (Å²) in [5, 5.41) is 6.54. The fourth-order valence-electron chi connectivity index (χ4n) is 3.84. The zero-order valence-electron chi connectivity index (χ0n) is 13.6. The molecule has 0 bridgehead atoms.